The third-order valence-corrected chi connectivity index (χ3v) is 15.6. The number of aromatic hydroxyl groups is 1. The monoisotopic (exact) mass is 1010 g/mol. The fourth-order valence-corrected chi connectivity index (χ4v) is 11.9. The largest absolute Gasteiger partial charge is 0.508 e. The number of nitrogens with one attached hydrogen (secondary N) is 1. The lowest BCUT2D eigenvalue weighted by atomic mass is 9.64. The number of methoxy groups -OCH3 is 1. The molecule has 0 spiro atoms. The minimum Gasteiger partial charge on any atom is -0.508 e. The molecule has 2 aliphatic heterocycles. The van der Waals surface area contributed by atoms with Crippen LogP contribution in [-0.4, -0.2) is 65.6 Å². The Kier molecular flexibility index (Phi) is 16.7. The van der Waals surface area contributed by atoms with Crippen molar-refractivity contribution in [1.29, 1.82) is 0 Å². The van der Waals surface area contributed by atoms with Crippen LogP contribution in [-0.2, 0) is 58.4 Å². The number of aryl methyl sites for hydroxylation is 3. The van der Waals surface area contributed by atoms with Gasteiger partial charge in [-0.25, -0.2) is 0 Å². The number of aliphatic hydroxyl groups is 3. The summed E-state index contributed by atoms with van der Waals surface area (Å²) < 4.78 is 24.9. The van der Waals surface area contributed by atoms with Crippen LogP contribution in [0.3, 0.4) is 0 Å². The van der Waals surface area contributed by atoms with E-state index in [0.717, 1.165) is 81.9 Å². The highest BCUT2D eigenvalue weighted by molar-refractivity contribution is 6.04. The Morgan fingerprint density at radius 3 is 2.55 bits per heavy atom. The number of hydrogen-bond acceptors (Lipinski definition) is 10. The standard InChI is InChI=1S/C63H71N3O9/c1-5-73-28-25-41-11-8-13-43(30-41)37-63-26-24-51-58(61(70)71)53(50-22-16-39(2)52-36-54(69)60(63)59(51)57(50)52)38-75-56-32-42(18-23-55(56)72-4)17-20-48(68)35-49(74-29-27-63)34-45-33-47(67)21-19-44(45)14-7-6-10-40-12-9-15-46(31-40)66-62(64)65-3/h8-9,11-13,15-16,18-19,21-23,30-33,36,39,44-45,49,61,67,69-71H,5-7,10,14,17,20,24-26,28,34-35,37-38H2,1-4H3,(H3,64,65,66)/t39-,44+,45-,49-,63-/m0/s1. The van der Waals surface area contributed by atoms with Crippen molar-refractivity contribution in [3.05, 3.63) is 158 Å². The molecule has 5 aromatic rings. The van der Waals surface area contributed by atoms with Crippen molar-refractivity contribution in [3.8, 4) is 29.3 Å². The fourth-order valence-electron chi connectivity index (χ4n) is 11.9. The molecule has 7 N–H and O–H groups in total. The lowest BCUT2D eigenvalue weighted by Crippen LogP contribution is -2.33. The van der Waals surface area contributed by atoms with E-state index >= 15 is 0 Å². The molecular weight excluding hydrogens is 943 g/mol. The first-order chi connectivity index (χ1) is 36.4. The molecule has 0 fully saturated rings. The van der Waals surface area contributed by atoms with Crippen molar-refractivity contribution in [1.82, 2.24) is 0 Å². The molecule has 3 aliphatic carbocycles. The van der Waals surface area contributed by atoms with Crippen molar-refractivity contribution >= 4 is 34.3 Å². The topological polar surface area (TPSA) is 185 Å². The summed E-state index contributed by atoms with van der Waals surface area (Å²) in [6.45, 7) is 5.30. The van der Waals surface area contributed by atoms with Crippen LogP contribution in [0.1, 0.15) is 127 Å². The molecule has 2 heterocycles. The summed E-state index contributed by atoms with van der Waals surface area (Å²) in [4.78, 5) is 18.3. The van der Waals surface area contributed by atoms with Gasteiger partial charge < -0.3 is 50.4 Å². The van der Waals surface area contributed by atoms with Crippen LogP contribution in [0.25, 0.3) is 16.8 Å². The average molecular weight is 1010 g/mol. The quantitative estimate of drug-likeness (QED) is 0.0182. The third kappa shape index (κ3) is 11.9. The Bertz CT molecular complexity index is 3110. The van der Waals surface area contributed by atoms with Crippen molar-refractivity contribution in [2.45, 2.75) is 121 Å². The van der Waals surface area contributed by atoms with E-state index in [9.17, 15) is 25.2 Å². The summed E-state index contributed by atoms with van der Waals surface area (Å²) in [5.41, 5.74) is 14.1. The summed E-state index contributed by atoms with van der Waals surface area (Å²) in [5, 5.41) is 51.2. The maximum absolute atomic E-state index is 14.2. The summed E-state index contributed by atoms with van der Waals surface area (Å²) in [7, 11) is 3.23. The molecule has 0 unspecified atom stereocenters. The van der Waals surface area contributed by atoms with Gasteiger partial charge in [-0.3, -0.25) is 9.79 Å². The summed E-state index contributed by atoms with van der Waals surface area (Å²) in [6.07, 6.45) is 17.4. The van der Waals surface area contributed by atoms with Gasteiger partial charge in [-0.2, -0.15) is 0 Å². The lowest BCUT2D eigenvalue weighted by Gasteiger charge is -2.39. The highest BCUT2D eigenvalue weighted by Crippen LogP contribution is 2.54. The molecular formula is C63H71N3O9. The molecule has 0 saturated carbocycles. The second-order valence-electron chi connectivity index (χ2n) is 20.6. The Morgan fingerprint density at radius 2 is 1.75 bits per heavy atom. The van der Waals surface area contributed by atoms with Gasteiger partial charge in [0.15, 0.2) is 23.7 Å². The number of aliphatic imine (C=N–C) groups is 1. The van der Waals surface area contributed by atoms with Crippen LogP contribution in [0.2, 0.25) is 0 Å². The van der Waals surface area contributed by atoms with Crippen molar-refractivity contribution in [2.24, 2.45) is 22.6 Å². The normalized spacial score (nSPS) is 21.2. The van der Waals surface area contributed by atoms with E-state index in [0.29, 0.717) is 79.5 Å². The van der Waals surface area contributed by atoms with Gasteiger partial charge in [0.1, 0.15) is 36.1 Å². The first kappa shape index (κ1) is 52.8. The molecule has 12 heteroatoms. The maximum Gasteiger partial charge on any atom is 0.192 e. The number of nitrogens with zero attached hydrogens (tertiary/aromatic N) is 1. The second kappa shape index (κ2) is 23.7. The highest BCUT2D eigenvalue weighted by atomic mass is 16.5. The Labute approximate surface area is 441 Å². The number of carbonyl (C=O) groups is 1. The number of allylic oxidation sites excluding steroid dienone is 4. The van der Waals surface area contributed by atoms with Crippen LogP contribution < -0.4 is 20.5 Å². The molecule has 0 radical (unpaired) electrons. The van der Waals surface area contributed by atoms with Gasteiger partial charge in [0, 0.05) is 54.8 Å². The number of aliphatic hydroxyl groups excluding tert-OH is 2. The van der Waals surface area contributed by atoms with Crippen molar-refractivity contribution in [2.75, 3.05) is 32.7 Å². The first-order valence-electron chi connectivity index (χ1n) is 26.6. The number of benzene rings is 5. The summed E-state index contributed by atoms with van der Waals surface area (Å²) >= 11 is 0. The zero-order chi connectivity index (χ0) is 52.6. The predicted octanol–water partition coefficient (Wildman–Crippen LogP) is 10.9. The van der Waals surface area contributed by atoms with Gasteiger partial charge in [-0.05, 0) is 175 Å². The number of fused-ring (bicyclic) bond motifs is 7. The smallest absolute Gasteiger partial charge is 0.192 e. The number of nitrogens with two attached hydrogens (primary N) is 1. The van der Waals surface area contributed by atoms with E-state index in [1.54, 1.807) is 20.2 Å². The third-order valence-electron chi connectivity index (χ3n) is 15.6. The Morgan fingerprint density at radius 1 is 0.933 bits per heavy atom. The van der Waals surface area contributed by atoms with Crippen molar-refractivity contribution in [3.63, 3.8) is 0 Å². The van der Waals surface area contributed by atoms with E-state index in [-0.39, 0.29) is 54.5 Å². The number of ether oxygens (including phenoxy) is 4. The minimum absolute atomic E-state index is 0.00539. The number of anilines is 1. The van der Waals surface area contributed by atoms with Gasteiger partial charge in [0.25, 0.3) is 0 Å². The highest BCUT2D eigenvalue weighted by Gasteiger charge is 2.43. The van der Waals surface area contributed by atoms with E-state index in [1.807, 2.05) is 61.5 Å². The number of guanidine groups is 1. The molecule has 12 nitrogen and oxygen atoms in total. The Balaban J connectivity index is 1.12. The average Bonchev–Trinajstić information content (AvgIpc) is 3.48. The molecule has 5 aliphatic rings. The summed E-state index contributed by atoms with van der Waals surface area (Å²) in [5.74, 6) is 5.13. The van der Waals surface area contributed by atoms with Crippen LogP contribution in [0, 0.1) is 23.9 Å². The molecule has 0 amide bonds. The lowest BCUT2D eigenvalue weighted by molar-refractivity contribution is -0.121. The number of Topliss-reactive ketones (excluding diaryl/α,β-unsaturated/α-hetero) is 1. The molecule has 5 atom stereocenters. The molecule has 0 aromatic heterocycles. The summed E-state index contributed by atoms with van der Waals surface area (Å²) in [6, 6.07) is 24.1. The minimum atomic E-state index is -1.85. The molecule has 10 rings (SSSR count). The number of phenols is 1. The number of hydrogen-bond donors (Lipinski definition) is 6. The number of unbranched alkanes of at least 4 members (excludes halogenated alkanes) is 1. The zero-order valence-corrected chi connectivity index (χ0v) is 43.7. The first-order valence-corrected chi connectivity index (χ1v) is 26.6. The second-order valence-corrected chi connectivity index (χ2v) is 20.6. The molecule has 75 heavy (non-hydrogen) atoms. The van der Waals surface area contributed by atoms with E-state index in [4.69, 9.17) is 24.7 Å². The number of rotatable bonds is 16. The molecule has 5 aromatic carbocycles. The van der Waals surface area contributed by atoms with E-state index in [1.165, 1.54) is 5.56 Å². The van der Waals surface area contributed by atoms with Crippen LogP contribution in [0.4, 0.5) is 5.69 Å². The van der Waals surface area contributed by atoms with E-state index < -0.39 is 17.8 Å². The number of carbonyl (C=O) groups excluding carboxylic acids is 1. The van der Waals surface area contributed by atoms with Crippen LogP contribution >= 0.6 is 0 Å². The molecule has 8 bridgehead atoms. The zero-order valence-electron chi connectivity index (χ0n) is 43.7. The van der Waals surface area contributed by atoms with E-state index in [2.05, 4.69) is 71.7 Å². The predicted molar refractivity (Wildman–Crippen MR) is 295 cm³/mol. The fraction of sp³-hybridized carbons (Fsp3) is 0.397. The van der Waals surface area contributed by atoms with Gasteiger partial charge in [-0.1, -0.05) is 74.0 Å². The molecule has 0 saturated heterocycles. The maximum atomic E-state index is 14.2. The van der Waals surface area contributed by atoms with Crippen LogP contribution in [0.15, 0.2) is 108 Å². The van der Waals surface area contributed by atoms with Gasteiger partial charge in [0.2, 0.25) is 0 Å². The molecule has 392 valence electrons. The Hall–Kier alpha value is -7.04. The van der Waals surface area contributed by atoms with Gasteiger partial charge in [-0.15, -0.1) is 0 Å². The van der Waals surface area contributed by atoms with Crippen LogP contribution in [0.5, 0.6) is 17.2 Å². The van der Waals surface area contributed by atoms with Gasteiger partial charge >= 0.3 is 0 Å². The van der Waals surface area contributed by atoms with Crippen molar-refractivity contribution < 1.29 is 44.2 Å². The SMILES string of the molecule is CCOCCc1cccc(C[C@]23C#CO[C@@H](C[C@@H]4C=C(O)C=C[C@H]4CCCCc4cccc(NC(N)=NC)c4)CC(=O)CCc4ccc(OC)c(c4)OCc4c(C(O)O)c(c5c2c(O)cc2c5c4C=C[C@@H]2C)CC3)c1. The number of phenolic OH excluding ortho intramolecular Hbond substituents is 1. The number of ketones is 1. The van der Waals surface area contributed by atoms with Gasteiger partial charge in [0.05, 0.1) is 19.1 Å².